The second kappa shape index (κ2) is 8.97. The zero-order valence-electron chi connectivity index (χ0n) is 19.4. The summed E-state index contributed by atoms with van der Waals surface area (Å²) in [5.41, 5.74) is 10.8. The van der Waals surface area contributed by atoms with Gasteiger partial charge in [0.05, 0.1) is 24.8 Å². The molecule has 3 aromatic carbocycles. The molecule has 2 unspecified atom stereocenters. The van der Waals surface area contributed by atoms with Gasteiger partial charge in [-0.15, -0.1) is 0 Å². The van der Waals surface area contributed by atoms with Gasteiger partial charge < -0.3 is 20.1 Å². The molecule has 10 heteroatoms. The van der Waals surface area contributed by atoms with Crippen molar-refractivity contribution in [1.82, 2.24) is 5.32 Å². The number of hydrogen-bond acceptors (Lipinski definition) is 8. The minimum atomic E-state index is -3.88. The summed E-state index contributed by atoms with van der Waals surface area (Å²) in [6.45, 7) is 0.694. The van der Waals surface area contributed by atoms with E-state index < -0.39 is 22.4 Å². The normalized spacial score (nSPS) is 19.4. The molecule has 9 nitrogen and oxygen atoms in total. The summed E-state index contributed by atoms with van der Waals surface area (Å²) < 4.78 is 35.4. The molecule has 0 aromatic heterocycles. The highest BCUT2D eigenvalue weighted by molar-refractivity contribution is 7.89. The number of sulfonamides is 1. The molecule has 2 aliphatic rings. The fourth-order valence-corrected chi connectivity index (χ4v) is 5.23. The number of ether oxygens (including phenoxy) is 2. The SMILES string of the molecule is COc1cc2c(cc1OC)N(C1NCCc3ccc(S(N)(=O)=O)cc31)C(c1ccccc1)=NC2N. The van der Waals surface area contributed by atoms with E-state index in [0.717, 1.165) is 34.4 Å². The van der Waals surface area contributed by atoms with E-state index in [4.69, 9.17) is 25.3 Å². The Morgan fingerprint density at radius 3 is 2.40 bits per heavy atom. The molecule has 3 aromatic rings. The topological polar surface area (TPSA) is 132 Å². The van der Waals surface area contributed by atoms with Gasteiger partial charge >= 0.3 is 0 Å². The van der Waals surface area contributed by atoms with Gasteiger partial charge in [-0.3, -0.25) is 5.32 Å². The molecule has 0 radical (unpaired) electrons. The molecule has 0 spiro atoms. The number of amidine groups is 1. The molecule has 0 saturated heterocycles. The number of nitrogens with zero attached hydrogens (tertiary/aromatic N) is 2. The highest BCUT2D eigenvalue weighted by Gasteiger charge is 2.36. The van der Waals surface area contributed by atoms with Crippen LogP contribution in [-0.4, -0.2) is 35.0 Å². The maximum absolute atomic E-state index is 12.2. The van der Waals surface area contributed by atoms with Crippen LogP contribution in [-0.2, 0) is 16.4 Å². The van der Waals surface area contributed by atoms with E-state index in [2.05, 4.69) is 5.32 Å². The fraction of sp³-hybridized carbons (Fsp3) is 0.240. The number of primary sulfonamides is 1. The van der Waals surface area contributed by atoms with E-state index in [1.165, 1.54) is 0 Å². The second-order valence-electron chi connectivity index (χ2n) is 8.41. The number of nitrogens with one attached hydrogen (secondary N) is 1. The van der Waals surface area contributed by atoms with Crippen molar-refractivity contribution < 1.29 is 17.9 Å². The molecule has 2 heterocycles. The number of hydrogen-bond donors (Lipinski definition) is 3. The minimum absolute atomic E-state index is 0.0596. The molecule has 2 atom stereocenters. The largest absolute Gasteiger partial charge is 0.493 e. The van der Waals surface area contributed by atoms with Gasteiger partial charge in [-0.05, 0) is 35.7 Å². The van der Waals surface area contributed by atoms with Crippen molar-refractivity contribution in [2.75, 3.05) is 25.7 Å². The van der Waals surface area contributed by atoms with Gasteiger partial charge in [0, 0.05) is 23.7 Å². The van der Waals surface area contributed by atoms with Gasteiger partial charge in [-0.1, -0.05) is 36.4 Å². The monoisotopic (exact) mass is 493 g/mol. The van der Waals surface area contributed by atoms with Gasteiger partial charge in [0.1, 0.15) is 18.2 Å². The molecule has 0 aliphatic carbocycles. The standard InChI is InChI=1S/C25H27N5O4S/c1-33-21-13-19-20(14-22(21)34-2)30(24(29-23(19)26)16-6-4-3-5-7-16)25-18-12-17(35(27,31)32)9-8-15(18)10-11-28-25/h3-9,12-14,23,25,28H,10-11,26H2,1-2H3,(H2,27,31,32). The Morgan fingerprint density at radius 1 is 1.00 bits per heavy atom. The zero-order chi connectivity index (χ0) is 24.7. The number of nitrogens with two attached hydrogens (primary N) is 2. The highest BCUT2D eigenvalue weighted by Crippen LogP contribution is 2.44. The van der Waals surface area contributed by atoms with Crippen LogP contribution in [0.15, 0.2) is 70.6 Å². The first-order valence-electron chi connectivity index (χ1n) is 11.1. The maximum Gasteiger partial charge on any atom is 0.238 e. The van der Waals surface area contributed by atoms with E-state index in [-0.39, 0.29) is 4.90 Å². The van der Waals surface area contributed by atoms with Crippen LogP contribution in [0.5, 0.6) is 11.5 Å². The molecule has 0 bridgehead atoms. The Hall–Kier alpha value is -3.44. The molecule has 0 amide bonds. The minimum Gasteiger partial charge on any atom is -0.493 e. The van der Waals surface area contributed by atoms with Crippen LogP contribution in [0.1, 0.15) is 34.6 Å². The summed E-state index contributed by atoms with van der Waals surface area (Å²) in [5.74, 6) is 1.75. The van der Waals surface area contributed by atoms with E-state index in [9.17, 15) is 8.42 Å². The molecule has 5 rings (SSSR count). The molecule has 182 valence electrons. The number of rotatable bonds is 5. The Balaban J connectivity index is 1.76. The van der Waals surface area contributed by atoms with Crippen molar-refractivity contribution in [1.29, 1.82) is 0 Å². The Morgan fingerprint density at radius 2 is 1.71 bits per heavy atom. The fourth-order valence-electron chi connectivity index (χ4n) is 4.69. The van der Waals surface area contributed by atoms with Crippen LogP contribution >= 0.6 is 0 Å². The smallest absolute Gasteiger partial charge is 0.238 e. The van der Waals surface area contributed by atoms with Crippen molar-refractivity contribution in [3.63, 3.8) is 0 Å². The van der Waals surface area contributed by atoms with E-state index in [0.29, 0.717) is 23.9 Å². The van der Waals surface area contributed by atoms with Crippen molar-refractivity contribution in [2.45, 2.75) is 23.6 Å². The van der Waals surface area contributed by atoms with Crippen molar-refractivity contribution in [3.05, 3.63) is 82.9 Å². The highest BCUT2D eigenvalue weighted by atomic mass is 32.2. The first-order valence-corrected chi connectivity index (χ1v) is 12.7. The average Bonchev–Trinajstić information content (AvgIpc) is 2.87. The maximum atomic E-state index is 12.2. The molecular formula is C25H27N5O4S. The average molecular weight is 494 g/mol. The Bertz CT molecular complexity index is 1410. The number of benzene rings is 3. The summed E-state index contributed by atoms with van der Waals surface area (Å²) in [6.07, 6.45) is -0.306. The quantitative estimate of drug-likeness (QED) is 0.497. The molecule has 0 saturated carbocycles. The third-order valence-electron chi connectivity index (χ3n) is 6.36. The lowest BCUT2D eigenvalue weighted by molar-refractivity contribution is 0.354. The lowest BCUT2D eigenvalue weighted by atomic mass is 9.95. The van der Waals surface area contributed by atoms with Crippen molar-refractivity contribution in [3.8, 4) is 11.5 Å². The number of anilines is 1. The van der Waals surface area contributed by atoms with Crippen LogP contribution in [0.2, 0.25) is 0 Å². The molecule has 0 fully saturated rings. The van der Waals surface area contributed by atoms with Crippen LogP contribution in [0.25, 0.3) is 0 Å². The van der Waals surface area contributed by atoms with Crippen LogP contribution in [0.4, 0.5) is 5.69 Å². The van der Waals surface area contributed by atoms with Gasteiger partial charge in [0.25, 0.3) is 0 Å². The van der Waals surface area contributed by atoms with Crippen molar-refractivity contribution in [2.24, 2.45) is 15.9 Å². The Labute approximate surface area is 204 Å². The first-order chi connectivity index (χ1) is 16.8. The first kappa shape index (κ1) is 23.3. The number of methoxy groups -OCH3 is 2. The predicted molar refractivity (Wildman–Crippen MR) is 134 cm³/mol. The predicted octanol–water partition coefficient (Wildman–Crippen LogP) is 2.42. The summed E-state index contributed by atoms with van der Waals surface area (Å²) in [7, 11) is -0.727. The molecule has 35 heavy (non-hydrogen) atoms. The van der Waals surface area contributed by atoms with E-state index in [1.807, 2.05) is 53.4 Å². The summed E-state index contributed by atoms with van der Waals surface area (Å²) in [4.78, 5) is 6.97. The number of aliphatic imine (C=N–C) groups is 1. The third-order valence-corrected chi connectivity index (χ3v) is 7.27. The van der Waals surface area contributed by atoms with Gasteiger partial charge in [-0.25, -0.2) is 18.5 Å². The molecule has 5 N–H and O–H groups in total. The second-order valence-corrected chi connectivity index (χ2v) is 9.97. The van der Waals surface area contributed by atoms with Gasteiger partial charge in [0.15, 0.2) is 11.5 Å². The van der Waals surface area contributed by atoms with Crippen molar-refractivity contribution >= 4 is 21.5 Å². The third kappa shape index (κ3) is 4.14. The van der Waals surface area contributed by atoms with Gasteiger partial charge in [-0.2, -0.15) is 0 Å². The molecular weight excluding hydrogens is 466 g/mol. The van der Waals surface area contributed by atoms with Gasteiger partial charge in [0.2, 0.25) is 10.0 Å². The summed E-state index contributed by atoms with van der Waals surface area (Å²) in [6, 6.07) is 18.5. The van der Waals surface area contributed by atoms with E-state index in [1.54, 1.807) is 26.4 Å². The summed E-state index contributed by atoms with van der Waals surface area (Å²) >= 11 is 0. The number of fused-ring (bicyclic) bond motifs is 2. The van der Waals surface area contributed by atoms with Crippen LogP contribution < -0.4 is 30.6 Å². The lowest BCUT2D eigenvalue weighted by Gasteiger charge is -2.42. The summed E-state index contributed by atoms with van der Waals surface area (Å²) in [5, 5.41) is 9.01. The van der Waals surface area contributed by atoms with Crippen LogP contribution in [0.3, 0.4) is 0 Å². The molecule has 2 aliphatic heterocycles. The Kier molecular flexibility index (Phi) is 5.97. The zero-order valence-corrected chi connectivity index (χ0v) is 20.2. The lowest BCUT2D eigenvalue weighted by Crippen LogP contribution is -2.48. The van der Waals surface area contributed by atoms with E-state index >= 15 is 0 Å². The van der Waals surface area contributed by atoms with Crippen LogP contribution in [0, 0.1) is 0 Å².